The van der Waals surface area contributed by atoms with E-state index >= 15 is 0 Å². The van der Waals surface area contributed by atoms with Crippen LogP contribution in [0.3, 0.4) is 0 Å². The van der Waals surface area contributed by atoms with Crippen molar-refractivity contribution in [1.29, 1.82) is 0 Å². The number of halogens is 3. The molecule has 0 unspecified atom stereocenters. The third kappa shape index (κ3) is 3.15. The first-order valence-electron chi connectivity index (χ1n) is 5.54. The summed E-state index contributed by atoms with van der Waals surface area (Å²) in [5, 5.41) is 6.72. The maximum absolute atomic E-state index is 12.7. The maximum Gasteiger partial charge on any atom is 0.433 e. The number of nitrogens with zero attached hydrogens (tertiary/aromatic N) is 4. The van der Waals surface area contributed by atoms with Crippen LogP contribution in [0.25, 0.3) is 0 Å². The predicted octanol–water partition coefficient (Wildman–Crippen LogP) is 1.13. The first-order chi connectivity index (χ1) is 9.40. The van der Waals surface area contributed by atoms with Gasteiger partial charge in [-0.1, -0.05) is 0 Å². The van der Waals surface area contributed by atoms with Gasteiger partial charge in [-0.15, -0.1) is 0 Å². The highest BCUT2D eigenvalue weighted by Gasteiger charge is 2.33. The molecule has 0 saturated heterocycles. The fraction of sp³-hybridized carbons (Fsp3) is 0.300. The van der Waals surface area contributed by atoms with Gasteiger partial charge in [0.1, 0.15) is 5.82 Å². The standard InChI is InChI=1S/C10H12F3N7/c1-20-6(2-3-16-20)5-15-8-4-7(10(11,12)13)17-9(18-8)19-14/h2-4H,5,14H2,1H3,(H2,15,17,18,19). The highest BCUT2D eigenvalue weighted by atomic mass is 19.4. The quantitative estimate of drug-likeness (QED) is 0.576. The Morgan fingerprint density at radius 2 is 2.10 bits per heavy atom. The molecular weight excluding hydrogens is 275 g/mol. The number of hydrazine groups is 1. The maximum atomic E-state index is 12.7. The van der Waals surface area contributed by atoms with Crippen molar-refractivity contribution in [2.75, 3.05) is 10.7 Å². The third-order valence-electron chi connectivity index (χ3n) is 2.52. The van der Waals surface area contributed by atoms with Crippen LogP contribution < -0.4 is 16.6 Å². The molecule has 2 aromatic heterocycles. The Balaban J connectivity index is 2.21. The number of nitrogens with two attached hydrogens (primary N) is 1. The zero-order valence-electron chi connectivity index (χ0n) is 10.4. The Hall–Kier alpha value is -2.36. The molecule has 0 aromatic carbocycles. The van der Waals surface area contributed by atoms with E-state index in [0.717, 1.165) is 11.8 Å². The Morgan fingerprint density at radius 1 is 1.35 bits per heavy atom. The Morgan fingerprint density at radius 3 is 2.65 bits per heavy atom. The van der Waals surface area contributed by atoms with E-state index in [1.165, 1.54) is 0 Å². The molecular formula is C10H12F3N7. The van der Waals surface area contributed by atoms with Crippen LogP contribution in [-0.4, -0.2) is 19.7 Å². The summed E-state index contributed by atoms with van der Waals surface area (Å²) >= 11 is 0. The summed E-state index contributed by atoms with van der Waals surface area (Å²) in [4.78, 5) is 7.06. The van der Waals surface area contributed by atoms with E-state index in [0.29, 0.717) is 0 Å². The monoisotopic (exact) mass is 287 g/mol. The summed E-state index contributed by atoms with van der Waals surface area (Å²) in [5.41, 5.74) is 1.72. The van der Waals surface area contributed by atoms with E-state index in [1.54, 1.807) is 24.0 Å². The van der Waals surface area contributed by atoms with Crippen LogP contribution in [-0.2, 0) is 19.8 Å². The third-order valence-corrected chi connectivity index (χ3v) is 2.52. The molecule has 0 radical (unpaired) electrons. The van der Waals surface area contributed by atoms with Crippen LogP contribution in [0.15, 0.2) is 18.3 Å². The molecule has 0 saturated carbocycles. The Kier molecular flexibility index (Phi) is 3.74. The highest BCUT2D eigenvalue weighted by Crippen LogP contribution is 2.29. The molecule has 20 heavy (non-hydrogen) atoms. The van der Waals surface area contributed by atoms with Crippen LogP contribution in [0, 0.1) is 0 Å². The average Bonchev–Trinajstić information content (AvgIpc) is 2.80. The second-order valence-corrected chi connectivity index (χ2v) is 3.90. The molecule has 108 valence electrons. The van der Waals surface area contributed by atoms with Gasteiger partial charge in [0.15, 0.2) is 5.69 Å². The van der Waals surface area contributed by atoms with E-state index in [-0.39, 0.29) is 18.3 Å². The van der Waals surface area contributed by atoms with Crippen LogP contribution >= 0.6 is 0 Å². The molecule has 0 atom stereocenters. The van der Waals surface area contributed by atoms with Gasteiger partial charge < -0.3 is 5.32 Å². The van der Waals surface area contributed by atoms with Crippen LogP contribution in [0.4, 0.5) is 24.9 Å². The summed E-state index contributed by atoms with van der Waals surface area (Å²) in [6, 6.07) is 2.55. The van der Waals surface area contributed by atoms with Gasteiger partial charge in [0.25, 0.3) is 0 Å². The highest BCUT2D eigenvalue weighted by molar-refractivity contribution is 5.42. The average molecular weight is 287 g/mol. The van der Waals surface area contributed by atoms with Crippen molar-refractivity contribution in [1.82, 2.24) is 19.7 Å². The second kappa shape index (κ2) is 5.33. The van der Waals surface area contributed by atoms with E-state index in [2.05, 4.69) is 20.4 Å². The van der Waals surface area contributed by atoms with Gasteiger partial charge in [-0.25, -0.2) is 10.8 Å². The summed E-state index contributed by atoms with van der Waals surface area (Å²) in [6.45, 7) is 0.273. The molecule has 0 spiro atoms. The molecule has 0 fully saturated rings. The lowest BCUT2D eigenvalue weighted by Crippen LogP contribution is -2.17. The number of nitrogens with one attached hydrogen (secondary N) is 2. The number of anilines is 2. The van der Waals surface area contributed by atoms with Gasteiger partial charge in [0.05, 0.1) is 12.2 Å². The molecule has 7 nitrogen and oxygen atoms in total. The fourth-order valence-electron chi connectivity index (χ4n) is 1.50. The van der Waals surface area contributed by atoms with Gasteiger partial charge in [-0.2, -0.15) is 23.3 Å². The largest absolute Gasteiger partial charge is 0.433 e. The predicted molar refractivity (Wildman–Crippen MR) is 65.4 cm³/mol. The van der Waals surface area contributed by atoms with Crippen molar-refractivity contribution in [2.24, 2.45) is 12.9 Å². The fourth-order valence-corrected chi connectivity index (χ4v) is 1.50. The topological polar surface area (TPSA) is 93.7 Å². The normalized spacial score (nSPS) is 11.4. The lowest BCUT2D eigenvalue weighted by Gasteiger charge is -2.11. The van der Waals surface area contributed by atoms with Gasteiger partial charge in [-0.05, 0) is 6.07 Å². The smallest absolute Gasteiger partial charge is 0.364 e. The van der Waals surface area contributed by atoms with E-state index in [4.69, 9.17) is 5.84 Å². The number of alkyl halides is 3. The van der Waals surface area contributed by atoms with Crippen molar-refractivity contribution in [3.63, 3.8) is 0 Å². The van der Waals surface area contributed by atoms with Crippen molar-refractivity contribution < 1.29 is 13.2 Å². The Labute approximate surface area is 112 Å². The molecule has 2 heterocycles. The molecule has 10 heteroatoms. The van der Waals surface area contributed by atoms with Crippen LogP contribution in [0.1, 0.15) is 11.4 Å². The minimum Gasteiger partial charge on any atom is -0.364 e. The van der Waals surface area contributed by atoms with Crippen molar-refractivity contribution in [3.8, 4) is 0 Å². The second-order valence-electron chi connectivity index (χ2n) is 3.90. The number of aryl methyl sites for hydroxylation is 1. The van der Waals surface area contributed by atoms with Gasteiger partial charge >= 0.3 is 6.18 Å². The summed E-state index contributed by atoms with van der Waals surface area (Å²) in [5.74, 6) is 4.76. The number of hydrogen-bond acceptors (Lipinski definition) is 6. The van der Waals surface area contributed by atoms with Gasteiger partial charge in [-0.3, -0.25) is 10.1 Å². The molecule has 0 bridgehead atoms. The molecule has 2 rings (SSSR count). The first kappa shape index (κ1) is 14.1. The summed E-state index contributed by atoms with van der Waals surface area (Å²) < 4.78 is 39.6. The lowest BCUT2D eigenvalue weighted by atomic mass is 10.3. The van der Waals surface area contributed by atoms with E-state index in [1.807, 2.05) is 5.43 Å². The molecule has 0 aliphatic rings. The van der Waals surface area contributed by atoms with Gasteiger partial charge in [0.2, 0.25) is 5.95 Å². The minimum atomic E-state index is -4.57. The molecule has 4 N–H and O–H groups in total. The summed E-state index contributed by atoms with van der Waals surface area (Å²) in [6.07, 6.45) is -2.98. The Bertz CT molecular complexity index is 593. The molecule has 0 aliphatic heterocycles. The molecule has 2 aromatic rings. The molecule has 0 aliphatic carbocycles. The SMILES string of the molecule is Cn1nccc1CNc1cc(C(F)(F)F)nc(NN)n1. The number of rotatable bonds is 4. The number of nitrogen functional groups attached to an aromatic ring is 1. The van der Waals surface area contributed by atoms with Gasteiger partial charge in [0, 0.05) is 19.3 Å². The van der Waals surface area contributed by atoms with Crippen molar-refractivity contribution in [2.45, 2.75) is 12.7 Å². The van der Waals surface area contributed by atoms with Crippen LogP contribution in [0.2, 0.25) is 0 Å². The zero-order chi connectivity index (χ0) is 14.8. The van der Waals surface area contributed by atoms with E-state index < -0.39 is 11.9 Å². The lowest BCUT2D eigenvalue weighted by molar-refractivity contribution is -0.141. The molecule has 0 amide bonds. The van der Waals surface area contributed by atoms with Crippen molar-refractivity contribution >= 4 is 11.8 Å². The van der Waals surface area contributed by atoms with Crippen molar-refractivity contribution in [3.05, 3.63) is 29.7 Å². The number of aromatic nitrogens is 4. The minimum absolute atomic E-state index is 0.0153. The summed E-state index contributed by atoms with van der Waals surface area (Å²) in [7, 11) is 1.73. The number of hydrogen-bond donors (Lipinski definition) is 3. The first-order valence-corrected chi connectivity index (χ1v) is 5.54. The zero-order valence-corrected chi connectivity index (χ0v) is 10.4. The van der Waals surface area contributed by atoms with Crippen LogP contribution in [0.5, 0.6) is 0 Å². The van der Waals surface area contributed by atoms with E-state index in [9.17, 15) is 13.2 Å².